The second-order valence-electron chi connectivity index (χ2n) is 5.05. The summed E-state index contributed by atoms with van der Waals surface area (Å²) in [6.07, 6.45) is -5.08. The van der Waals surface area contributed by atoms with Gasteiger partial charge in [0.05, 0.1) is 0 Å². The number of alkyl halides is 3. The number of nitrogens with two attached hydrogens (primary N) is 2. The number of rotatable bonds is 3. The van der Waals surface area contributed by atoms with E-state index < -0.39 is 17.8 Å². The fourth-order valence-corrected chi connectivity index (χ4v) is 1.77. The van der Waals surface area contributed by atoms with Gasteiger partial charge in [-0.05, 0) is 24.6 Å². The number of carboxylic acids is 1. The zero-order valence-corrected chi connectivity index (χ0v) is 13.8. The summed E-state index contributed by atoms with van der Waals surface area (Å²) in [5.41, 5.74) is 11.6. The van der Waals surface area contributed by atoms with Crippen molar-refractivity contribution in [3.05, 3.63) is 40.2 Å². The first kappa shape index (κ1) is 21.5. The number of hydrogen-bond acceptors (Lipinski definition) is 5. The average molecular weight is 388 g/mol. The molecule has 0 spiro atoms. The van der Waals surface area contributed by atoms with Gasteiger partial charge in [-0.25, -0.2) is 14.6 Å². The molecule has 0 aliphatic heterocycles. The lowest BCUT2D eigenvalue weighted by Gasteiger charge is -2.05. The van der Waals surface area contributed by atoms with Crippen LogP contribution in [-0.4, -0.2) is 35.7 Å². The molecule has 1 amide bonds. The van der Waals surface area contributed by atoms with Crippen LogP contribution in [-0.2, 0) is 9.59 Å². The minimum atomic E-state index is -5.08. The number of aliphatic imine (C=N–C) groups is 1. The van der Waals surface area contributed by atoms with Crippen LogP contribution >= 0.6 is 0 Å². The van der Waals surface area contributed by atoms with Gasteiger partial charge in [0, 0.05) is 23.2 Å². The van der Waals surface area contributed by atoms with Crippen molar-refractivity contribution in [2.24, 2.45) is 16.5 Å². The molecular formula is C15H15F3N4O5. The summed E-state index contributed by atoms with van der Waals surface area (Å²) in [7, 11) is 0. The number of nitrogens with zero attached hydrogens (tertiary/aromatic N) is 1. The summed E-state index contributed by atoms with van der Waals surface area (Å²) in [6.45, 7) is 1.65. The Balaban J connectivity index is 0.000000445. The molecule has 0 unspecified atom stereocenters. The van der Waals surface area contributed by atoms with Gasteiger partial charge in [-0.2, -0.15) is 13.2 Å². The zero-order chi connectivity index (χ0) is 20.8. The Morgan fingerprint density at radius 3 is 2.37 bits per heavy atom. The van der Waals surface area contributed by atoms with E-state index in [4.69, 9.17) is 25.8 Å². The van der Waals surface area contributed by atoms with Crippen molar-refractivity contribution in [3.63, 3.8) is 0 Å². The number of anilines is 1. The molecule has 2 aromatic rings. The highest BCUT2D eigenvalue weighted by molar-refractivity contribution is 5.95. The van der Waals surface area contributed by atoms with E-state index in [1.54, 1.807) is 18.2 Å². The fraction of sp³-hybridized carbons (Fsp3) is 0.200. The number of nitrogens with one attached hydrogen (secondary N) is 1. The number of hydrogen-bond donors (Lipinski definition) is 4. The molecule has 0 fully saturated rings. The zero-order valence-electron chi connectivity index (χ0n) is 13.8. The molecule has 1 aromatic heterocycles. The van der Waals surface area contributed by atoms with Crippen molar-refractivity contribution in [3.8, 4) is 0 Å². The summed E-state index contributed by atoms with van der Waals surface area (Å²) in [4.78, 5) is 35.4. The molecular weight excluding hydrogens is 373 g/mol. The number of carbonyl (C=O) groups is 2. The monoisotopic (exact) mass is 388 g/mol. The van der Waals surface area contributed by atoms with Crippen LogP contribution in [0.25, 0.3) is 11.0 Å². The van der Waals surface area contributed by atoms with Gasteiger partial charge in [0.2, 0.25) is 5.91 Å². The third-order valence-corrected chi connectivity index (χ3v) is 2.88. The molecule has 0 aliphatic carbocycles. The van der Waals surface area contributed by atoms with Gasteiger partial charge in [-0.3, -0.25) is 4.79 Å². The molecule has 1 heterocycles. The summed E-state index contributed by atoms with van der Waals surface area (Å²) in [5.74, 6) is -3.28. The number of aliphatic carboxylic acids is 1. The average Bonchev–Trinajstić information content (AvgIpc) is 2.52. The van der Waals surface area contributed by atoms with Crippen LogP contribution in [0.15, 0.2) is 38.5 Å². The summed E-state index contributed by atoms with van der Waals surface area (Å²) >= 11 is 0. The Kier molecular flexibility index (Phi) is 6.91. The smallest absolute Gasteiger partial charge is 0.475 e. The molecule has 0 radical (unpaired) electrons. The van der Waals surface area contributed by atoms with Crippen molar-refractivity contribution in [2.45, 2.75) is 13.1 Å². The van der Waals surface area contributed by atoms with Crippen LogP contribution in [0.3, 0.4) is 0 Å². The van der Waals surface area contributed by atoms with E-state index >= 15 is 0 Å². The molecule has 0 saturated carbocycles. The van der Waals surface area contributed by atoms with E-state index in [0.717, 1.165) is 10.9 Å². The van der Waals surface area contributed by atoms with Crippen LogP contribution in [0.4, 0.5) is 18.9 Å². The highest BCUT2D eigenvalue weighted by Gasteiger charge is 2.38. The maximum atomic E-state index is 11.6. The van der Waals surface area contributed by atoms with Crippen LogP contribution in [0, 0.1) is 6.92 Å². The Hall–Kier alpha value is -3.57. The van der Waals surface area contributed by atoms with Crippen LogP contribution < -0.4 is 22.4 Å². The van der Waals surface area contributed by atoms with Gasteiger partial charge in [0.15, 0.2) is 5.96 Å². The molecule has 0 atom stereocenters. The SMILES string of the molecule is Cc1cc(=O)oc2cc(NC(=O)CN=C(N)N)ccc12.O=C(O)C(F)(F)F. The van der Waals surface area contributed by atoms with Crippen molar-refractivity contribution in [1.82, 2.24) is 0 Å². The molecule has 27 heavy (non-hydrogen) atoms. The Bertz CT molecular complexity index is 933. The molecule has 9 nitrogen and oxygen atoms in total. The van der Waals surface area contributed by atoms with Crippen molar-refractivity contribution >= 4 is 34.5 Å². The van der Waals surface area contributed by atoms with Crippen LogP contribution in [0.5, 0.6) is 0 Å². The van der Waals surface area contributed by atoms with Crippen molar-refractivity contribution in [1.29, 1.82) is 0 Å². The highest BCUT2D eigenvalue weighted by atomic mass is 19.4. The maximum absolute atomic E-state index is 11.6. The van der Waals surface area contributed by atoms with Crippen molar-refractivity contribution < 1.29 is 32.3 Å². The first-order valence-corrected chi connectivity index (χ1v) is 7.10. The third kappa shape index (κ3) is 7.05. The van der Waals surface area contributed by atoms with E-state index in [2.05, 4.69) is 10.3 Å². The normalized spacial score (nSPS) is 10.5. The van der Waals surface area contributed by atoms with Gasteiger partial charge in [0.25, 0.3) is 0 Å². The Labute approximate surface area is 149 Å². The molecule has 6 N–H and O–H groups in total. The molecule has 146 valence electrons. The van der Waals surface area contributed by atoms with E-state index in [1.807, 2.05) is 6.92 Å². The minimum absolute atomic E-state index is 0.153. The molecule has 0 bridgehead atoms. The molecule has 2 rings (SSSR count). The first-order valence-electron chi connectivity index (χ1n) is 7.10. The third-order valence-electron chi connectivity index (χ3n) is 2.88. The Morgan fingerprint density at radius 1 is 1.26 bits per heavy atom. The standard InChI is InChI=1S/C13H14N4O3.C2HF3O2/c1-7-4-12(19)20-10-5-8(2-3-9(7)10)17-11(18)6-16-13(14)15;3-2(4,5)1(6)7/h2-5H,6H2,1H3,(H,17,18)(H4,14,15,16);(H,6,7). The number of guanidine groups is 1. The van der Waals surface area contributed by atoms with Gasteiger partial charge >= 0.3 is 17.8 Å². The van der Waals surface area contributed by atoms with Crippen LogP contribution in [0.2, 0.25) is 0 Å². The lowest BCUT2D eigenvalue weighted by atomic mass is 10.1. The number of benzene rings is 1. The molecule has 1 aromatic carbocycles. The number of halogens is 3. The van der Waals surface area contributed by atoms with E-state index in [-0.39, 0.29) is 18.4 Å². The highest BCUT2D eigenvalue weighted by Crippen LogP contribution is 2.20. The number of carboxylic acid groups (broad SMARTS) is 1. The minimum Gasteiger partial charge on any atom is -0.475 e. The predicted molar refractivity (Wildman–Crippen MR) is 90.2 cm³/mol. The number of aryl methyl sites for hydroxylation is 1. The van der Waals surface area contributed by atoms with Crippen LogP contribution in [0.1, 0.15) is 5.56 Å². The van der Waals surface area contributed by atoms with E-state index in [1.165, 1.54) is 6.07 Å². The van der Waals surface area contributed by atoms with Crippen molar-refractivity contribution in [2.75, 3.05) is 11.9 Å². The lowest BCUT2D eigenvalue weighted by Crippen LogP contribution is -2.25. The summed E-state index contributed by atoms with van der Waals surface area (Å²) < 4.78 is 36.8. The lowest BCUT2D eigenvalue weighted by molar-refractivity contribution is -0.192. The number of amides is 1. The van der Waals surface area contributed by atoms with Gasteiger partial charge in [0.1, 0.15) is 12.1 Å². The quantitative estimate of drug-likeness (QED) is 0.346. The molecule has 0 saturated heterocycles. The van der Waals surface area contributed by atoms with E-state index in [9.17, 15) is 22.8 Å². The van der Waals surface area contributed by atoms with Gasteiger partial charge < -0.3 is 26.3 Å². The summed E-state index contributed by atoms with van der Waals surface area (Å²) in [6, 6.07) is 6.48. The van der Waals surface area contributed by atoms with Gasteiger partial charge in [-0.1, -0.05) is 0 Å². The topological polar surface area (TPSA) is 161 Å². The fourth-order valence-electron chi connectivity index (χ4n) is 1.77. The second kappa shape index (κ2) is 8.69. The number of carbonyl (C=O) groups excluding carboxylic acids is 1. The molecule has 0 aliphatic rings. The largest absolute Gasteiger partial charge is 0.490 e. The first-order chi connectivity index (χ1) is 12.4. The summed E-state index contributed by atoms with van der Waals surface area (Å²) in [5, 5.41) is 10.5. The van der Waals surface area contributed by atoms with E-state index in [0.29, 0.717) is 11.3 Å². The predicted octanol–water partition coefficient (Wildman–Crippen LogP) is 0.947. The second-order valence-corrected chi connectivity index (χ2v) is 5.05. The maximum Gasteiger partial charge on any atom is 0.490 e. The van der Waals surface area contributed by atoms with Gasteiger partial charge in [-0.15, -0.1) is 0 Å². The molecule has 12 heteroatoms. The number of fused-ring (bicyclic) bond motifs is 1. The Morgan fingerprint density at radius 2 is 1.85 bits per heavy atom.